The maximum absolute atomic E-state index is 4.57. The van der Waals surface area contributed by atoms with Crippen LogP contribution in [0.1, 0.15) is 5.82 Å². The molecule has 6 heteroatoms. The molecule has 21 heavy (non-hydrogen) atoms. The first-order chi connectivity index (χ1) is 10.3. The molecule has 0 saturated carbocycles. The molecule has 0 spiro atoms. The van der Waals surface area contributed by atoms with Crippen LogP contribution in [0.5, 0.6) is 0 Å². The van der Waals surface area contributed by atoms with E-state index in [1.165, 1.54) is 0 Å². The quantitative estimate of drug-likeness (QED) is 0.610. The molecule has 0 unspecified atom stereocenters. The van der Waals surface area contributed by atoms with E-state index in [1.807, 2.05) is 49.5 Å². The van der Waals surface area contributed by atoms with E-state index in [9.17, 15) is 0 Å². The van der Waals surface area contributed by atoms with Gasteiger partial charge in [0.1, 0.15) is 5.82 Å². The van der Waals surface area contributed by atoms with Crippen molar-refractivity contribution in [1.82, 2.24) is 29.8 Å². The summed E-state index contributed by atoms with van der Waals surface area (Å²) in [4.78, 5) is 8.93. The first-order valence-electron chi connectivity index (χ1n) is 6.60. The summed E-state index contributed by atoms with van der Waals surface area (Å²) < 4.78 is 1.76. The summed E-state index contributed by atoms with van der Waals surface area (Å²) in [6.45, 7) is 1.88. The van der Waals surface area contributed by atoms with E-state index in [1.54, 1.807) is 10.7 Å². The van der Waals surface area contributed by atoms with E-state index < -0.39 is 0 Å². The summed E-state index contributed by atoms with van der Waals surface area (Å²) in [6.07, 6.45) is 3.66. The fourth-order valence-electron chi connectivity index (χ4n) is 2.26. The Labute approximate surface area is 120 Å². The summed E-state index contributed by atoms with van der Waals surface area (Å²) in [5.74, 6) is 1.49. The van der Waals surface area contributed by atoms with E-state index in [2.05, 4.69) is 25.3 Å². The van der Waals surface area contributed by atoms with Crippen molar-refractivity contribution >= 4 is 5.65 Å². The predicted octanol–water partition coefficient (Wildman–Crippen LogP) is 2.49. The van der Waals surface area contributed by atoms with Crippen LogP contribution in [0.3, 0.4) is 0 Å². The third-order valence-corrected chi connectivity index (χ3v) is 3.25. The molecule has 3 heterocycles. The van der Waals surface area contributed by atoms with Gasteiger partial charge in [-0.15, -0.1) is 0 Å². The van der Waals surface area contributed by atoms with Crippen molar-refractivity contribution in [2.24, 2.45) is 0 Å². The minimum atomic E-state index is 0.691. The van der Waals surface area contributed by atoms with Crippen molar-refractivity contribution in [3.8, 4) is 22.6 Å². The standard InChI is InChI=1S/C15H12N6/c1-10-17-15(20-19-10)12-5-2-4-11(8-12)13-9-21-14(18-13)6-3-7-16-21/h2-9H,1H3,(H,17,19,20). The van der Waals surface area contributed by atoms with Crippen LogP contribution in [-0.4, -0.2) is 29.8 Å². The molecule has 0 saturated heterocycles. The van der Waals surface area contributed by atoms with Crippen molar-refractivity contribution < 1.29 is 0 Å². The number of aryl methyl sites for hydroxylation is 1. The highest BCUT2D eigenvalue weighted by Crippen LogP contribution is 2.23. The Balaban J connectivity index is 1.81. The maximum atomic E-state index is 4.57. The molecule has 4 rings (SSSR count). The van der Waals surface area contributed by atoms with Crippen molar-refractivity contribution in [2.45, 2.75) is 6.92 Å². The Bertz CT molecular complexity index is 887. The van der Waals surface area contributed by atoms with Gasteiger partial charge in [-0.2, -0.15) is 10.2 Å². The van der Waals surface area contributed by atoms with Crippen LogP contribution < -0.4 is 0 Å². The number of aromatic amines is 1. The molecular weight excluding hydrogens is 264 g/mol. The lowest BCUT2D eigenvalue weighted by Gasteiger charge is -1.99. The van der Waals surface area contributed by atoms with Gasteiger partial charge >= 0.3 is 0 Å². The monoisotopic (exact) mass is 276 g/mol. The smallest absolute Gasteiger partial charge is 0.181 e. The zero-order chi connectivity index (χ0) is 14.2. The number of imidazole rings is 1. The molecule has 0 aliphatic rings. The summed E-state index contributed by atoms with van der Waals surface area (Å²) in [6, 6.07) is 11.8. The molecule has 1 aromatic carbocycles. The van der Waals surface area contributed by atoms with Gasteiger partial charge in [-0.3, -0.25) is 5.10 Å². The van der Waals surface area contributed by atoms with Crippen molar-refractivity contribution in [3.05, 3.63) is 54.6 Å². The summed E-state index contributed by atoms with van der Waals surface area (Å²) in [5, 5.41) is 11.3. The van der Waals surface area contributed by atoms with Crippen LogP contribution in [0.15, 0.2) is 48.8 Å². The summed E-state index contributed by atoms with van der Waals surface area (Å²) >= 11 is 0. The second-order valence-corrected chi connectivity index (χ2v) is 4.78. The molecule has 6 nitrogen and oxygen atoms in total. The molecule has 0 aliphatic carbocycles. The van der Waals surface area contributed by atoms with Crippen LogP contribution in [0, 0.1) is 6.92 Å². The second kappa shape index (κ2) is 4.52. The molecule has 1 N–H and O–H groups in total. The zero-order valence-corrected chi connectivity index (χ0v) is 11.4. The third-order valence-electron chi connectivity index (χ3n) is 3.25. The number of nitrogens with one attached hydrogen (secondary N) is 1. The maximum Gasteiger partial charge on any atom is 0.181 e. The lowest BCUT2D eigenvalue weighted by Crippen LogP contribution is -1.85. The van der Waals surface area contributed by atoms with Crippen LogP contribution in [-0.2, 0) is 0 Å². The largest absolute Gasteiger partial charge is 0.263 e. The molecule has 102 valence electrons. The van der Waals surface area contributed by atoms with E-state index >= 15 is 0 Å². The highest BCUT2D eigenvalue weighted by Gasteiger charge is 2.08. The van der Waals surface area contributed by atoms with Crippen molar-refractivity contribution in [3.63, 3.8) is 0 Å². The van der Waals surface area contributed by atoms with Gasteiger partial charge in [-0.1, -0.05) is 18.2 Å². The second-order valence-electron chi connectivity index (χ2n) is 4.78. The minimum absolute atomic E-state index is 0.691. The van der Waals surface area contributed by atoms with E-state index in [0.29, 0.717) is 5.82 Å². The molecular formula is C15H12N6. The van der Waals surface area contributed by atoms with Gasteiger partial charge in [0.15, 0.2) is 11.5 Å². The van der Waals surface area contributed by atoms with Crippen LogP contribution in [0.4, 0.5) is 0 Å². The first kappa shape index (κ1) is 11.8. The lowest BCUT2D eigenvalue weighted by atomic mass is 10.1. The van der Waals surface area contributed by atoms with Gasteiger partial charge < -0.3 is 0 Å². The zero-order valence-electron chi connectivity index (χ0n) is 11.4. The van der Waals surface area contributed by atoms with Crippen LogP contribution in [0.25, 0.3) is 28.3 Å². The van der Waals surface area contributed by atoms with Gasteiger partial charge in [0.25, 0.3) is 0 Å². The Hall–Kier alpha value is -3.02. The van der Waals surface area contributed by atoms with E-state index in [-0.39, 0.29) is 0 Å². The van der Waals surface area contributed by atoms with Gasteiger partial charge in [0, 0.05) is 17.3 Å². The number of fused-ring (bicyclic) bond motifs is 1. The van der Waals surface area contributed by atoms with E-state index in [4.69, 9.17) is 0 Å². The molecule has 0 radical (unpaired) electrons. The fourth-order valence-corrected chi connectivity index (χ4v) is 2.26. The highest BCUT2D eigenvalue weighted by molar-refractivity contribution is 5.69. The molecule has 0 fully saturated rings. The normalized spacial score (nSPS) is 11.1. The summed E-state index contributed by atoms with van der Waals surface area (Å²) in [7, 11) is 0. The average molecular weight is 276 g/mol. The Kier molecular flexibility index (Phi) is 2.53. The van der Waals surface area contributed by atoms with Gasteiger partial charge in [-0.05, 0) is 25.1 Å². The predicted molar refractivity (Wildman–Crippen MR) is 78.5 cm³/mol. The molecule has 0 aliphatic heterocycles. The Morgan fingerprint density at radius 1 is 1.05 bits per heavy atom. The Morgan fingerprint density at radius 2 is 1.95 bits per heavy atom. The molecule has 0 atom stereocenters. The van der Waals surface area contributed by atoms with Crippen LogP contribution in [0.2, 0.25) is 0 Å². The van der Waals surface area contributed by atoms with Crippen molar-refractivity contribution in [2.75, 3.05) is 0 Å². The number of aromatic nitrogens is 6. The van der Waals surface area contributed by atoms with Gasteiger partial charge in [-0.25, -0.2) is 14.5 Å². The fraction of sp³-hybridized carbons (Fsp3) is 0.0667. The van der Waals surface area contributed by atoms with Crippen LogP contribution >= 0.6 is 0 Å². The van der Waals surface area contributed by atoms with Gasteiger partial charge in [0.05, 0.1) is 11.9 Å². The number of H-pyrrole nitrogens is 1. The number of hydrogen-bond donors (Lipinski definition) is 1. The molecule has 0 bridgehead atoms. The lowest BCUT2D eigenvalue weighted by molar-refractivity contribution is 0.936. The average Bonchev–Trinajstić information content (AvgIpc) is 3.13. The molecule has 4 aromatic rings. The molecule has 3 aromatic heterocycles. The summed E-state index contributed by atoms with van der Waals surface area (Å²) in [5.41, 5.74) is 3.68. The number of hydrogen-bond acceptors (Lipinski definition) is 4. The highest BCUT2D eigenvalue weighted by atomic mass is 15.2. The van der Waals surface area contributed by atoms with Crippen molar-refractivity contribution in [1.29, 1.82) is 0 Å². The molecule has 0 amide bonds. The minimum Gasteiger partial charge on any atom is -0.263 e. The third kappa shape index (κ3) is 2.06. The SMILES string of the molecule is Cc1nc(-c2cccc(-c3cn4ncccc4n3)c2)n[nH]1. The number of rotatable bonds is 2. The first-order valence-corrected chi connectivity index (χ1v) is 6.60. The topological polar surface area (TPSA) is 71.8 Å². The Morgan fingerprint density at radius 3 is 2.76 bits per heavy atom. The number of benzene rings is 1. The van der Waals surface area contributed by atoms with E-state index in [0.717, 1.165) is 28.3 Å². The number of nitrogens with zero attached hydrogens (tertiary/aromatic N) is 5. The van der Waals surface area contributed by atoms with Gasteiger partial charge in [0.2, 0.25) is 0 Å².